The molecular formula is C7H12Cl2N2O2. The Morgan fingerprint density at radius 1 is 1.69 bits per heavy atom. The fraction of sp³-hybridized carbons (Fsp3) is 0.857. The number of rotatable bonds is 3. The van der Waals surface area contributed by atoms with Crippen LogP contribution in [0, 0.1) is 0 Å². The van der Waals surface area contributed by atoms with E-state index in [9.17, 15) is 4.79 Å². The lowest BCUT2D eigenvalue weighted by atomic mass is 10.3. The highest BCUT2D eigenvalue weighted by Crippen LogP contribution is 2.00. The number of carbonyl (C=O) groups is 1. The predicted octanol–water partition coefficient (Wildman–Crippen LogP) is -0.105. The Labute approximate surface area is 86.9 Å². The zero-order valence-corrected chi connectivity index (χ0v) is 8.57. The highest BCUT2D eigenvalue weighted by atomic mass is 35.5. The molecule has 1 rings (SSSR count). The maximum Gasteiger partial charge on any atom is 0.250 e. The second-order valence-electron chi connectivity index (χ2n) is 2.70. The van der Waals surface area contributed by atoms with E-state index in [0.29, 0.717) is 13.2 Å². The third-order valence-corrected chi connectivity index (χ3v) is 1.96. The molecule has 0 spiro atoms. The van der Waals surface area contributed by atoms with Crippen LogP contribution < -0.4 is 10.6 Å². The van der Waals surface area contributed by atoms with Gasteiger partial charge in [-0.15, -0.1) is 23.2 Å². The van der Waals surface area contributed by atoms with Gasteiger partial charge in [0.25, 0.3) is 5.91 Å². The first kappa shape index (κ1) is 11.0. The van der Waals surface area contributed by atoms with Gasteiger partial charge in [-0.3, -0.25) is 4.79 Å². The minimum Gasteiger partial charge on any atom is -0.366 e. The molecule has 1 aliphatic rings. The first-order valence-corrected chi connectivity index (χ1v) is 4.95. The Balaban J connectivity index is 2.21. The van der Waals surface area contributed by atoms with Crippen molar-refractivity contribution in [3.8, 4) is 0 Å². The van der Waals surface area contributed by atoms with E-state index in [0.717, 1.165) is 6.54 Å². The zero-order chi connectivity index (χ0) is 9.68. The van der Waals surface area contributed by atoms with E-state index in [1.165, 1.54) is 0 Å². The third-order valence-electron chi connectivity index (χ3n) is 1.65. The van der Waals surface area contributed by atoms with Gasteiger partial charge in [0.05, 0.1) is 6.61 Å². The summed E-state index contributed by atoms with van der Waals surface area (Å²) >= 11 is 10.9. The molecule has 0 radical (unpaired) electrons. The monoisotopic (exact) mass is 226 g/mol. The number of hydrogen-bond donors (Lipinski definition) is 2. The fourth-order valence-electron chi connectivity index (χ4n) is 1.03. The van der Waals surface area contributed by atoms with Gasteiger partial charge in [0.2, 0.25) is 0 Å². The molecule has 4 nitrogen and oxygen atoms in total. The topological polar surface area (TPSA) is 50.4 Å². The molecule has 0 aromatic carbocycles. The highest BCUT2D eigenvalue weighted by molar-refractivity contribution is 6.44. The SMILES string of the molecule is O=C(NCC(Cl)Cl)C1CNCCO1. The van der Waals surface area contributed by atoms with Crippen molar-refractivity contribution < 1.29 is 9.53 Å². The van der Waals surface area contributed by atoms with Crippen LogP contribution >= 0.6 is 23.2 Å². The van der Waals surface area contributed by atoms with Crippen molar-refractivity contribution in [1.29, 1.82) is 0 Å². The number of halogens is 2. The van der Waals surface area contributed by atoms with Gasteiger partial charge in [0.1, 0.15) is 10.9 Å². The van der Waals surface area contributed by atoms with Crippen LogP contribution in [0.4, 0.5) is 0 Å². The molecule has 1 unspecified atom stereocenters. The van der Waals surface area contributed by atoms with E-state index in [2.05, 4.69) is 10.6 Å². The molecule has 0 aromatic heterocycles. The highest BCUT2D eigenvalue weighted by Gasteiger charge is 2.21. The molecule has 1 aliphatic heterocycles. The summed E-state index contributed by atoms with van der Waals surface area (Å²) in [5.41, 5.74) is 0. The molecule has 0 saturated carbocycles. The minimum atomic E-state index is -0.569. The van der Waals surface area contributed by atoms with Crippen LogP contribution in [0.3, 0.4) is 0 Å². The van der Waals surface area contributed by atoms with Crippen LogP contribution in [0.5, 0.6) is 0 Å². The van der Waals surface area contributed by atoms with Gasteiger partial charge in [-0.25, -0.2) is 0 Å². The molecule has 1 atom stereocenters. The summed E-state index contributed by atoms with van der Waals surface area (Å²) < 4.78 is 5.21. The Hall–Kier alpha value is -0.0300. The van der Waals surface area contributed by atoms with Crippen LogP contribution in [-0.2, 0) is 9.53 Å². The molecule has 1 fully saturated rings. The predicted molar refractivity (Wildman–Crippen MR) is 51.1 cm³/mol. The van der Waals surface area contributed by atoms with Gasteiger partial charge >= 0.3 is 0 Å². The normalized spacial score (nSPS) is 23.2. The number of ether oxygens (including phenoxy) is 1. The van der Waals surface area contributed by atoms with Gasteiger partial charge in [-0.2, -0.15) is 0 Å². The quantitative estimate of drug-likeness (QED) is 0.661. The number of alkyl halides is 2. The Morgan fingerprint density at radius 3 is 3.00 bits per heavy atom. The van der Waals surface area contributed by atoms with Gasteiger partial charge in [0.15, 0.2) is 0 Å². The summed E-state index contributed by atoms with van der Waals surface area (Å²) in [6.45, 7) is 2.14. The summed E-state index contributed by atoms with van der Waals surface area (Å²) in [7, 11) is 0. The van der Waals surface area contributed by atoms with Crippen molar-refractivity contribution in [3.05, 3.63) is 0 Å². The first-order valence-electron chi connectivity index (χ1n) is 4.08. The molecule has 1 amide bonds. The van der Waals surface area contributed by atoms with Gasteiger partial charge in [-0.1, -0.05) is 0 Å². The fourth-order valence-corrected chi connectivity index (χ4v) is 1.18. The standard InChI is InChI=1S/C7H12Cl2N2O2/c8-6(9)4-11-7(12)5-3-10-1-2-13-5/h5-6,10H,1-4H2,(H,11,12). The summed E-state index contributed by atoms with van der Waals surface area (Å²) in [5.74, 6) is -0.168. The molecule has 13 heavy (non-hydrogen) atoms. The largest absolute Gasteiger partial charge is 0.366 e. The number of amides is 1. The smallest absolute Gasteiger partial charge is 0.250 e. The summed E-state index contributed by atoms with van der Waals surface area (Å²) in [5, 5.41) is 5.64. The maximum absolute atomic E-state index is 11.3. The summed E-state index contributed by atoms with van der Waals surface area (Å²) in [6, 6.07) is 0. The molecule has 6 heteroatoms. The van der Waals surface area contributed by atoms with Crippen LogP contribution in [0.1, 0.15) is 0 Å². The van der Waals surface area contributed by atoms with E-state index < -0.39 is 10.9 Å². The van der Waals surface area contributed by atoms with Crippen molar-refractivity contribution >= 4 is 29.1 Å². The number of nitrogens with one attached hydrogen (secondary N) is 2. The van der Waals surface area contributed by atoms with Gasteiger partial charge < -0.3 is 15.4 Å². The first-order chi connectivity index (χ1) is 6.20. The van der Waals surface area contributed by atoms with E-state index in [1.807, 2.05) is 0 Å². The minimum absolute atomic E-state index is 0.168. The average Bonchev–Trinajstić information content (AvgIpc) is 2.15. The number of carbonyl (C=O) groups excluding carboxylic acids is 1. The molecule has 0 aliphatic carbocycles. The number of morpholine rings is 1. The third kappa shape index (κ3) is 4.13. The maximum atomic E-state index is 11.3. The Bertz CT molecular complexity index is 172. The summed E-state index contributed by atoms with van der Waals surface area (Å²) in [6.07, 6.45) is -0.416. The van der Waals surface area contributed by atoms with Crippen molar-refractivity contribution in [2.24, 2.45) is 0 Å². The lowest BCUT2D eigenvalue weighted by Gasteiger charge is -2.22. The molecule has 0 aromatic rings. The molecule has 0 bridgehead atoms. The van der Waals surface area contributed by atoms with Crippen LogP contribution in [-0.4, -0.2) is 43.1 Å². The Morgan fingerprint density at radius 2 is 2.46 bits per heavy atom. The van der Waals surface area contributed by atoms with Gasteiger partial charge in [-0.05, 0) is 0 Å². The van der Waals surface area contributed by atoms with E-state index in [-0.39, 0.29) is 12.5 Å². The molecule has 1 saturated heterocycles. The molecule has 1 heterocycles. The van der Waals surface area contributed by atoms with E-state index >= 15 is 0 Å². The zero-order valence-electron chi connectivity index (χ0n) is 7.06. The van der Waals surface area contributed by atoms with Crippen molar-refractivity contribution in [2.45, 2.75) is 10.9 Å². The van der Waals surface area contributed by atoms with Gasteiger partial charge in [0, 0.05) is 19.6 Å². The Kier molecular flexibility index (Phi) is 4.80. The second kappa shape index (κ2) is 5.65. The average molecular weight is 227 g/mol. The second-order valence-corrected chi connectivity index (χ2v) is 3.98. The molecular weight excluding hydrogens is 215 g/mol. The van der Waals surface area contributed by atoms with Crippen molar-refractivity contribution in [2.75, 3.05) is 26.2 Å². The van der Waals surface area contributed by atoms with Crippen LogP contribution in [0.2, 0.25) is 0 Å². The molecule has 2 N–H and O–H groups in total. The van der Waals surface area contributed by atoms with E-state index in [4.69, 9.17) is 27.9 Å². The van der Waals surface area contributed by atoms with Crippen molar-refractivity contribution in [3.63, 3.8) is 0 Å². The number of hydrogen-bond acceptors (Lipinski definition) is 3. The van der Waals surface area contributed by atoms with E-state index in [1.54, 1.807) is 0 Å². The summed E-state index contributed by atoms with van der Waals surface area (Å²) in [4.78, 5) is 10.7. The van der Waals surface area contributed by atoms with Crippen LogP contribution in [0.15, 0.2) is 0 Å². The van der Waals surface area contributed by atoms with Crippen LogP contribution in [0.25, 0.3) is 0 Å². The lowest BCUT2D eigenvalue weighted by Crippen LogP contribution is -2.48. The van der Waals surface area contributed by atoms with Crippen molar-refractivity contribution in [1.82, 2.24) is 10.6 Å². The molecule has 76 valence electrons. The lowest BCUT2D eigenvalue weighted by molar-refractivity contribution is -0.134.